The summed E-state index contributed by atoms with van der Waals surface area (Å²) in [6.07, 6.45) is 6.03. The number of hydrogen-bond acceptors (Lipinski definition) is 2. The maximum absolute atomic E-state index is 6.40. The Hall–Kier alpha value is -0.0800. The highest BCUT2D eigenvalue weighted by Gasteiger charge is 2.47. The van der Waals surface area contributed by atoms with Crippen molar-refractivity contribution in [3.63, 3.8) is 0 Å². The molecule has 1 N–H and O–H groups in total. The Bertz CT molecular complexity index is 268. The predicted octanol–water partition coefficient (Wildman–Crippen LogP) is 3.46. The van der Waals surface area contributed by atoms with Crippen molar-refractivity contribution >= 4 is 0 Å². The van der Waals surface area contributed by atoms with Gasteiger partial charge in [-0.3, -0.25) is 5.32 Å². The maximum atomic E-state index is 6.40. The van der Waals surface area contributed by atoms with E-state index in [0.717, 1.165) is 12.8 Å². The van der Waals surface area contributed by atoms with Crippen LogP contribution in [0.5, 0.6) is 0 Å². The first-order valence-electron chi connectivity index (χ1n) is 6.70. The van der Waals surface area contributed by atoms with Crippen LogP contribution in [0.4, 0.5) is 0 Å². The van der Waals surface area contributed by atoms with Crippen molar-refractivity contribution in [2.45, 2.75) is 84.1 Å². The van der Waals surface area contributed by atoms with Crippen LogP contribution in [0.1, 0.15) is 66.7 Å². The fraction of sp³-hybridized carbons (Fsp3) is 1.00. The summed E-state index contributed by atoms with van der Waals surface area (Å²) in [6.45, 7) is 11.5. The van der Waals surface area contributed by atoms with Crippen LogP contribution < -0.4 is 5.32 Å². The van der Waals surface area contributed by atoms with Gasteiger partial charge in [-0.05, 0) is 58.3 Å². The molecular formula is C14H27NO. The van der Waals surface area contributed by atoms with Crippen molar-refractivity contribution in [3.8, 4) is 0 Å². The van der Waals surface area contributed by atoms with Crippen LogP contribution in [0, 0.1) is 5.41 Å². The summed E-state index contributed by atoms with van der Waals surface area (Å²) in [5, 5.41) is 3.72. The Labute approximate surface area is 100 Å². The molecule has 2 heteroatoms. The monoisotopic (exact) mass is 225 g/mol. The summed E-state index contributed by atoms with van der Waals surface area (Å²) in [4.78, 5) is 0. The lowest BCUT2D eigenvalue weighted by Crippen LogP contribution is -2.63. The summed E-state index contributed by atoms with van der Waals surface area (Å²) in [6, 6.07) is 0.567. The average Bonchev–Trinajstić information content (AvgIpc) is 1.94. The van der Waals surface area contributed by atoms with Crippen LogP contribution in [0.25, 0.3) is 0 Å². The Balaban J connectivity index is 2.17. The second-order valence-corrected chi connectivity index (χ2v) is 7.30. The zero-order valence-corrected chi connectivity index (χ0v) is 11.5. The fourth-order valence-corrected chi connectivity index (χ4v) is 3.85. The molecule has 1 spiro atoms. The SMILES string of the molecule is CC1CC(C)(C)OC2(CCCC(C)(C)C2)N1. The molecule has 2 unspecified atom stereocenters. The van der Waals surface area contributed by atoms with E-state index in [9.17, 15) is 0 Å². The molecule has 0 radical (unpaired) electrons. The van der Waals surface area contributed by atoms with Gasteiger partial charge in [0.15, 0.2) is 0 Å². The van der Waals surface area contributed by atoms with E-state index in [2.05, 4.69) is 39.9 Å². The summed E-state index contributed by atoms with van der Waals surface area (Å²) >= 11 is 0. The summed E-state index contributed by atoms with van der Waals surface area (Å²) < 4.78 is 6.40. The molecule has 94 valence electrons. The Morgan fingerprint density at radius 2 is 1.81 bits per heavy atom. The molecule has 2 fully saturated rings. The van der Waals surface area contributed by atoms with Crippen LogP contribution in [0.2, 0.25) is 0 Å². The third-order valence-corrected chi connectivity index (χ3v) is 3.98. The molecule has 2 atom stereocenters. The molecule has 2 rings (SSSR count). The highest BCUT2D eigenvalue weighted by molar-refractivity contribution is 4.97. The number of nitrogens with one attached hydrogen (secondary N) is 1. The molecule has 0 amide bonds. The van der Waals surface area contributed by atoms with Crippen molar-refractivity contribution < 1.29 is 4.74 Å². The summed E-state index contributed by atoms with van der Waals surface area (Å²) in [5.74, 6) is 0. The molecule has 1 aliphatic carbocycles. The molecule has 1 aliphatic heterocycles. The van der Waals surface area contributed by atoms with Crippen LogP contribution in [-0.4, -0.2) is 17.4 Å². The third kappa shape index (κ3) is 2.60. The van der Waals surface area contributed by atoms with Crippen molar-refractivity contribution in [2.24, 2.45) is 5.41 Å². The largest absolute Gasteiger partial charge is 0.355 e. The Kier molecular flexibility index (Phi) is 2.87. The molecule has 0 aromatic rings. The van der Waals surface area contributed by atoms with Gasteiger partial charge in [-0.1, -0.05) is 13.8 Å². The summed E-state index contributed by atoms with van der Waals surface area (Å²) in [5.41, 5.74) is 0.388. The van der Waals surface area contributed by atoms with Gasteiger partial charge in [-0.15, -0.1) is 0 Å². The van der Waals surface area contributed by atoms with Gasteiger partial charge in [0, 0.05) is 6.04 Å². The zero-order chi connectivity index (χ0) is 12.0. The molecule has 0 aromatic carbocycles. The van der Waals surface area contributed by atoms with Crippen LogP contribution in [-0.2, 0) is 4.74 Å². The molecule has 1 heterocycles. The molecule has 1 saturated heterocycles. The van der Waals surface area contributed by atoms with Gasteiger partial charge in [0.1, 0.15) is 5.72 Å². The second-order valence-electron chi connectivity index (χ2n) is 7.30. The van der Waals surface area contributed by atoms with Gasteiger partial charge in [0.25, 0.3) is 0 Å². The highest BCUT2D eigenvalue weighted by atomic mass is 16.5. The Morgan fingerprint density at radius 1 is 1.12 bits per heavy atom. The number of ether oxygens (including phenoxy) is 1. The lowest BCUT2D eigenvalue weighted by atomic mass is 9.72. The van der Waals surface area contributed by atoms with Crippen LogP contribution in [0.15, 0.2) is 0 Å². The van der Waals surface area contributed by atoms with Gasteiger partial charge in [0.05, 0.1) is 5.60 Å². The number of hydrogen-bond donors (Lipinski definition) is 1. The van der Waals surface area contributed by atoms with Gasteiger partial charge in [-0.25, -0.2) is 0 Å². The minimum absolute atomic E-state index is 0.0259. The first-order chi connectivity index (χ1) is 7.22. The van der Waals surface area contributed by atoms with E-state index in [4.69, 9.17) is 4.74 Å². The maximum Gasteiger partial charge on any atom is 0.120 e. The molecule has 2 aliphatic rings. The smallest absolute Gasteiger partial charge is 0.120 e. The van der Waals surface area contributed by atoms with Crippen molar-refractivity contribution in [2.75, 3.05) is 0 Å². The lowest BCUT2D eigenvalue weighted by molar-refractivity contribution is -0.222. The predicted molar refractivity (Wildman–Crippen MR) is 67.4 cm³/mol. The summed E-state index contributed by atoms with van der Waals surface area (Å²) in [7, 11) is 0. The highest BCUT2D eigenvalue weighted by Crippen LogP contribution is 2.45. The Morgan fingerprint density at radius 3 is 2.38 bits per heavy atom. The second kappa shape index (κ2) is 3.71. The van der Waals surface area contributed by atoms with Crippen LogP contribution >= 0.6 is 0 Å². The van der Waals surface area contributed by atoms with Gasteiger partial charge < -0.3 is 4.74 Å². The van der Waals surface area contributed by atoms with E-state index >= 15 is 0 Å². The standard InChI is InChI=1S/C14H27NO/c1-11-9-13(4,5)16-14(15-11)8-6-7-12(2,3)10-14/h11,15H,6-10H2,1-5H3. The molecule has 0 aromatic heterocycles. The third-order valence-electron chi connectivity index (χ3n) is 3.98. The molecule has 0 bridgehead atoms. The van der Waals surface area contributed by atoms with Gasteiger partial charge >= 0.3 is 0 Å². The molecular weight excluding hydrogens is 198 g/mol. The van der Waals surface area contributed by atoms with E-state index in [0.29, 0.717) is 11.5 Å². The van der Waals surface area contributed by atoms with Gasteiger partial charge in [0.2, 0.25) is 0 Å². The van der Waals surface area contributed by atoms with E-state index < -0.39 is 0 Å². The normalized spacial score (nSPS) is 42.2. The molecule has 16 heavy (non-hydrogen) atoms. The topological polar surface area (TPSA) is 21.3 Å². The first-order valence-corrected chi connectivity index (χ1v) is 6.70. The van der Waals surface area contributed by atoms with Crippen molar-refractivity contribution in [1.82, 2.24) is 5.32 Å². The lowest BCUT2D eigenvalue weighted by Gasteiger charge is -2.54. The average molecular weight is 225 g/mol. The van der Waals surface area contributed by atoms with Gasteiger partial charge in [-0.2, -0.15) is 0 Å². The van der Waals surface area contributed by atoms with E-state index in [-0.39, 0.29) is 11.3 Å². The molecule has 2 nitrogen and oxygen atoms in total. The quantitative estimate of drug-likeness (QED) is 0.681. The van der Waals surface area contributed by atoms with E-state index in [1.54, 1.807) is 0 Å². The number of rotatable bonds is 0. The zero-order valence-electron chi connectivity index (χ0n) is 11.5. The van der Waals surface area contributed by atoms with Crippen LogP contribution in [0.3, 0.4) is 0 Å². The van der Waals surface area contributed by atoms with E-state index in [1.165, 1.54) is 19.3 Å². The molecule has 1 saturated carbocycles. The fourth-order valence-electron chi connectivity index (χ4n) is 3.85. The first kappa shape index (κ1) is 12.4. The minimum atomic E-state index is -0.0527. The van der Waals surface area contributed by atoms with Crippen molar-refractivity contribution in [1.29, 1.82) is 0 Å². The minimum Gasteiger partial charge on any atom is -0.355 e. The van der Waals surface area contributed by atoms with E-state index in [1.807, 2.05) is 0 Å². The van der Waals surface area contributed by atoms with Crippen molar-refractivity contribution in [3.05, 3.63) is 0 Å².